The number of carbonyl (C=O) groups excluding carboxylic acids is 2. The summed E-state index contributed by atoms with van der Waals surface area (Å²) in [4.78, 5) is 32.7. The average molecular weight is 450 g/mol. The fourth-order valence-electron chi connectivity index (χ4n) is 4.68. The number of para-hydroxylation sites is 1. The molecular formula is C27H35N3O3. The summed E-state index contributed by atoms with van der Waals surface area (Å²) in [5.74, 6) is 1.32. The van der Waals surface area contributed by atoms with Crippen molar-refractivity contribution in [1.29, 1.82) is 0 Å². The predicted molar refractivity (Wildman–Crippen MR) is 129 cm³/mol. The Balaban J connectivity index is 1.34. The van der Waals surface area contributed by atoms with Gasteiger partial charge in [-0.05, 0) is 29.2 Å². The summed E-state index contributed by atoms with van der Waals surface area (Å²) in [5, 5.41) is 0. The van der Waals surface area contributed by atoms with Gasteiger partial charge in [-0.1, -0.05) is 56.3 Å². The van der Waals surface area contributed by atoms with Crippen LogP contribution in [0.3, 0.4) is 0 Å². The van der Waals surface area contributed by atoms with Crippen molar-refractivity contribution in [2.45, 2.75) is 39.3 Å². The van der Waals surface area contributed by atoms with Crippen LogP contribution < -0.4 is 4.74 Å². The number of rotatable bonds is 7. The lowest BCUT2D eigenvalue weighted by Crippen LogP contribution is -2.57. The van der Waals surface area contributed by atoms with Gasteiger partial charge in [-0.2, -0.15) is 0 Å². The van der Waals surface area contributed by atoms with E-state index in [1.807, 2.05) is 66.1 Å². The standard InChI is InChI=1S/C27H35N3O3/c1-21(2)18-26(31)30-20-23-9-7-6-8-22(23)19-25(30)27(32)29-14-12-28(13-15-29)16-17-33-24-10-4-3-5-11-24/h3-11,21,25H,12-20H2,1-2H3. The third-order valence-corrected chi connectivity index (χ3v) is 6.54. The molecule has 6 nitrogen and oxygen atoms in total. The highest BCUT2D eigenvalue weighted by Crippen LogP contribution is 2.26. The van der Waals surface area contributed by atoms with Gasteiger partial charge in [0.1, 0.15) is 18.4 Å². The monoisotopic (exact) mass is 449 g/mol. The molecule has 2 aromatic rings. The number of nitrogens with zero attached hydrogens (tertiary/aromatic N) is 3. The van der Waals surface area contributed by atoms with E-state index in [2.05, 4.69) is 17.0 Å². The maximum absolute atomic E-state index is 13.6. The Morgan fingerprint density at radius 2 is 1.61 bits per heavy atom. The molecule has 4 rings (SSSR count). The van der Waals surface area contributed by atoms with Crippen molar-refractivity contribution in [2.75, 3.05) is 39.3 Å². The van der Waals surface area contributed by atoms with E-state index in [4.69, 9.17) is 4.74 Å². The van der Waals surface area contributed by atoms with Crippen molar-refractivity contribution in [1.82, 2.24) is 14.7 Å². The van der Waals surface area contributed by atoms with Crippen LogP contribution in [-0.4, -0.2) is 71.9 Å². The van der Waals surface area contributed by atoms with Gasteiger partial charge < -0.3 is 14.5 Å². The van der Waals surface area contributed by atoms with Crippen LogP contribution in [0.1, 0.15) is 31.4 Å². The predicted octanol–water partition coefficient (Wildman–Crippen LogP) is 3.21. The number of hydrogen-bond donors (Lipinski definition) is 0. The Labute approximate surface area is 197 Å². The summed E-state index contributed by atoms with van der Waals surface area (Å²) >= 11 is 0. The van der Waals surface area contributed by atoms with Crippen LogP contribution >= 0.6 is 0 Å². The summed E-state index contributed by atoms with van der Waals surface area (Å²) in [6.45, 7) is 9.13. The molecule has 1 unspecified atom stereocenters. The quantitative estimate of drug-likeness (QED) is 0.651. The number of ether oxygens (including phenoxy) is 1. The summed E-state index contributed by atoms with van der Waals surface area (Å²) in [5.41, 5.74) is 2.34. The van der Waals surface area contributed by atoms with Gasteiger partial charge in [0.2, 0.25) is 11.8 Å². The molecule has 1 saturated heterocycles. The molecular weight excluding hydrogens is 414 g/mol. The number of benzene rings is 2. The number of hydrogen-bond acceptors (Lipinski definition) is 4. The largest absolute Gasteiger partial charge is 0.492 e. The maximum Gasteiger partial charge on any atom is 0.245 e. The molecule has 1 atom stereocenters. The highest BCUT2D eigenvalue weighted by molar-refractivity contribution is 5.88. The molecule has 2 heterocycles. The van der Waals surface area contributed by atoms with E-state index in [9.17, 15) is 9.59 Å². The van der Waals surface area contributed by atoms with Crippen LogP contribution in [0.2, 0.25) is 0 Å². The first-order chi connectivity index (χ1) is 16.0. The normalized spacial score (nSPS) is 18.8. The number of carbonyl (C=O) groups is 2. The molecule has 2 aromatic carbocycles. The molecule has 0 bridgehead atoms. The van der Waals surface area contributed by atoms with Crippen molar-refractivity contribution < 1.29 is 14.3 Å². The zero-order chi connectivity index (χ0) is 23.2. The summed E-state index contributed by atoms with van der Waals surface area (Å²) in [6.07, 6.45) is 1.07. The first-order valence-corrected chi connectivity index (χ1v) is 12.1. The lowest BCUT2D eigenvalue weighted by atomic mass is 9.92. The number of piperazine rings is 1. The minimum Gasteiger partial charge on any atom is -0.492 e. The fourth-order valence-corrected chi connectivity index (χ4v) is 4.68. The minimum atomic E-state index is -0.404. The Kier molecular flexibility index (Phi) is 7.65. The van der Waals surface area contributed by atoms with Crippen molar-refractivity contribution in [3.8, 4) is 5.75 Å². The van der Waals surface area contributed by atoms with E-state index in [-0.39, 0.29) is 17.7 Å². The van der Waals surface area contributed by atoms with E-state index in [0.29, 0.717) is 39.1 Å². The fraction of sp³-hybridized carbons (Fsp3) is 0.481. The second-order valence-corrected chi connectivity index (χ2v) is 9.44. The third-order valence-electron chi connectivity index (χ3n) is 6.54. The maximum atomic E-state index is 13.6. The molecule has 0 aliphatic carbocycles. The summed E-state index contributed by atoms with van der Waals surface area (Å²) in [7, 11) is 0. The molecule has 176 valence electrons. The van der Waals surface area contributed by atoms with Crippen molar-refractivity contribution in [2.24, 2.45) is 5.92 Å². The number of fused-ring (bicyclic) bond motifs is 1. The van der Waals surface area contributed by atoms with Crippen LogP contribution in [-0.2, 0) is 22.6 Å². The molecule has 2 aliphatic rings. The van der Waals surface area contributed by atoms with Crippen LogP contribution in [0.4, 0.5) is 0 Å². The highest BCUT2D eigenvalue weighted by Gasteiger charge is 2.37. The Morgan fingerprint density at radius 3 is 2.30 bits per heavy atom. The second-order valence-electron chi connectivity index (χ2n) is 9.44. The molecule has 6 heteroatoms. The summed E-state index contributed by atoms with van der Waals surface area (Å²) in [6, 6.07) is 17.6. The van der Waals surface area contributed by atoms with Gasteiger partial charge in [0.25, 0.3) is 0 Å². The zero-order valence-electron chi connectivity index (χ0n) is 19.8. The lowest BCUT2D eigenvalue weighted by Gasteiger charge is -2.41. The van der Waals surface area contributed by atoms with Crippen LogP contribution in [0, 0.1) is 5.92 Å². The third kappa shape index (κ3) is 5.93. The lowest BCUT2D eigenvalue weighted by molar-refractivity contribution is -0.148. The van der Waals surface area contributed by atoms with Crippen LogP contribution in [0.5, 0.6) is 5.75 Å². The molecule has 2 amide bonds. The Bertz CT molecular complexity index is 939. The Morgan fingerprint density at radius 1 is 0.939 bits per heavy atom. The van der Waals surface area contributed by atoms with Gasteiger partial charge in [0, 0.05) is 52.1 Å². The SMILES string of the molecule is CC(C)CC(=O)N1Cc2ccccc2CC1C(=O)N1CCN(CCOc2ccccc2)CC1. The number of amides is 2. The van der Waals surface area contributed by atoms with Crippen molar-refractivity contribution >= 4 is 11.8 Å². The molecule has 0 radical (unpaired) electrons. The minimum absolute atomic E-state index is 0.0783. The van der Waals surface area contributed by atoms with Gasteiger partial charge in [-0.15, -0.1) is 0 Å². The van der Waals surface area contributed by atoms with Crippen LogP contribution in [0.15, 0.2) is 54.6 Å². The first-order valence-electron chi connectivity index (χ1n) is 12.1. The van der Waals surface area contributed by atoms with E-state index < -0.39 is 6.04 Å². The van der Waals surface area contributed by atoms with E-state index in [1.54, 1.807) is 0 Å². The first kappa shape index (κ1) is 23.3. The van der Waals surface area contributed by atoms with E-state index in [0.717, 1.165) is 30.9 Å². The van der Waals surface area contributed by atoms with E-state index in [1.165, 1.54) is 5.56 Å². The van der Waals surface area contributed by atoms with Gasteiger partial charge >= 0.3 is 0 Å². The zero-order valence-corrected chi connectivity index (χ0v) is 19.8. The van der Waals surface area contributed by atoms with E-state index >= 15 is 0 Å². The topological polar surface area (TPSA) is 53.1 Å². The molecule has 0 spiro atoms. The van der Waals surface area contributed by atoms with Gasteiger partial charge in [0.05, 0.1) is 0 Å². The molecule has 2 aliphatic heterocycles. The smallest absolute Gasteiger partial charge is 0.245 e. The molecule has 0 N–H and O–H groups in total. The Hall–Kier alpha value is -2.86. The van der Waals surface area contributed by atoms with Crippen molar-refractivity contribution in [3.63, 3.8) is 0 Å². The molecule has 0 aromatic heterocycles. The van der Waals surface area contributed by atoms with Gasteiger partial charge in [-0.25, -0.2) is 0 Å². The highest BCUT2D eigenvalue weighted by atomic mass is 16.5. The van der Waals surface area contributed by atoms with Gasteiger partial charge in [0.15, 0.2) is 0 Å². The van der Waals surface area contributed by atoms with Crippen LogP contribution in [0.25, 0.3) is 0 Å². The van der Waals surface area contributed by atoms with Crippen molar-refractivity contribution in [3.05, 3.63) is 65.7 Å². The molecule has 33 heavy (non-hydrogen) atoms. The second kappa shape index (κ2) is 10.8. The summed E-state index contributed by atoms with van der Waals surface area (Å²) < 4.78 is 5.82. The molecule has 1 fully saturated rings. The van der Waals surface area contributed by atoms with Gasteiger partial charge in [-0.3, -0.25) is 14.5 Å². The average Bonchev–Trinajstić information content (AvgIpc) is 2.83. The molecule has 0 saturated carbocycles.